The van der Waals surface area contributed by atoms with Crippen LogP contribution in [0.4, 0.5) is 0 Å². The third-order valence-corrected chi connectivity index (χ3v) is 23.4. The van der Waals surface area contributed by atoms with Gasteiger partial charge in [-0.2, -0.15) is 0 Å². The minimum absolute atomic E-state index is 0.00291. The molecule has 768 valence electrons. The van der Waals surface area contributed by atoms with Crippen molar-refractivity contribution in [2.45, 2.75) is 223 Å². The molecular formula is C94H139N35O13. The van der Waals surface area contributed by atoms with E-state index in [1.807, 2.05) is 18.2 Å². The number of hydrogen-bond acceptors (Lipinski definition) is 19. The molecule has 0 aliphatic carbocycles. The lowest BCUT2D eigenvalue weighted by Crippen LogP contribution is -2.61. The van der Waals surface area contributed by atoms with E-state index in [0.717, 1.165) is 10.9 Å². The first-order valence-electron chi connectivity index (χ1n) is 47.3. The summed E-state index contributed by atoms with van der Waals surface area (Å²) in [5.41, 5.74) is 44.3. The lowest BCUT2D eigenvalue weighted by Gasteiger charge is -2.29. The zero-order chi connectivity index (χ0) is 104. The summed E-state index contributed by atoms with van der Waals surface area (Å²) < 4.78 is 0. The number of fused-ring (bicyclic) bond motifs is 4. The number of primary amides is 1. The van der Waals surface area contributed by atoms with Crippen LogP contribution in [0.25, 0.3) is 43.6 Å². The predicted octanol–water partition coefficient (Wildman–Crippen LogP) is -2.12. The van der Waals surface area contributed by atoms with Gasteiger partial charge in [-0.3, -0.25) is 94.8 Å². The van der Waals surface area contributed by atoms with Crippen molar-refractivity contribution < 1.29 is 62.3 Å². The van der Waals surface area contributed by atoms with Crippen molar-refractivity contribution in [3.05, 3.63) is 144 Å². The van der Waals surface area contributed by atoms with E-state index in [4.69, 9.17) is 72.6 Å². The van der Waals surface area contributed by atoms with Crippen molar-refractivity contribution >= 4 is 156 Å². The molecular weight excluding hydrogens is 1830 g/mol. The van der Waals surface area contributed by atoms with Gasteiger partial charge in [0.1, 0.15) is 72.5 Å². The van der Waals surface area contributed by atoms with Gasteiger partial charge in [0.2, 0.25) is 76.8 Å². The van der Waals surface area contributed by atoms with Crippen molar-refractivity contribution in [2.75, 3.05) is 39.3 Å². The molecule has 4 aromatic heterocycles. The molecule has 0 bridgehead atoms. The van der Waals surface area contributed by atoms with Crippen LogP contribution >= 0.6 is 0 Å². The monoisotopic (exact) mass is 1970 g/mol. The number of rotatable bonds is 60. The van der Waals surface area contributed by atoms with Crippen molar-refractivity contribution in [1.82, 2.24) is 116 Å². The molecule has 8 aromatic rings. The number of guanidine groups is 6. The maximum absolute atomic E-state index is 15.7. The number of carbonyl (C=O) groups excluding carboxylic acids is 13. The van der Waals surface area contributed by atoms with Gasteiger partial charge in [-0.1, -0.05) is 100 Å². The van der Waals surface area contributed by atoms with Gasteiger partial charge in [0.15, 0.2) is 35.8 Å². The Labute approximate surface area is 820 Å². The average molecular weight is 1970 g/mol. The third kappa shape index (κ3) is 36.6. The predicted molar refractivity (Wildman–Crippen MR) is 540 cm³/mol. The highest BCUT2D eigenvalue weighted by Crippen LogP contribution is 2.26. The first-order valence-corrected chi connectivity index (χ1v) is 47.3. The molecule has 0 unspecified atom stereocenters. The molecule has 4 aromatic carbocycles. The summed E-state index contributed by atoms with van der Waals surface area (Å²) >= 11 is 0. The van der Waals surface area contributed by atoms with Crippen molar-refractivity contribution in [3.8, 4) is 0 Å². The fourth-order valence-corrected chi connectivity index (χ4v) is 16.4. The SMILES string of the molecule is CC(=O)N[C@@H](CCCNC(=N)N)C(=O)N[C@@H](Cc1c[nH]c2ccccc12)C(=O)N[C@@H](CC(C)C)C(=O)N[C@@H](CCCNC(=N)N)C(=O)N[C@@H](CCCNC(=N)N)C(=O)N[C@@H](Cc1c[nH]c2ccccc12)C(=O)N[C@@H](CC(C)C)C(=O)N[C@@H](CCCNC(=N)N)C(=O)N[C@@H](Cc1c[nH]c2ccccc12)C(=O)N[C@@H](Cc1c[nH]c2ccccc12)C(=O)N[C@@H](CCCNC(=N)N)C(=O)N[C@@H](CCCNC(=N)N)C(N)=O. The Kier molecular flexibility index (Phi) is 43.8. The summed E-state index contributed by atoms with van der Waals surface area (Å²) in [6.07, 6.45) is 5.64. The smallest absolute Gasteiger partial charge is 0.243 e. The zero-order valence-corrected chi connectivity index (χ0v) is 80.4. The molecule has 0 aliphatic heterocycles. The number of H-pyrrole nitrogens is 4. The minimum atomic E-state index is -1.61. The summed E-state index contributed by atoms with van der Waals surface area (Å²) in [5.74, 6) is -14.2. The number of hydrogen-bond donors (Lipinski definition) is 35. The van der Waals surface area contributed by atoms with Crippen LogP contribution < -0.4 is 136 Å². The molecule has 48 heteroatoms. The second-order valence-corrected chi connectivity index (χ2v) is 35.7. The molecule has 12 atom stereocenters. The maximum Gasteiger partial charge on any atom is 0.243 e. The number of carbonyl (C=O) groups is 13. The van der Waals surface area contributed by atoms with Crippen LogP contribution in [-0.2, 0) is 88.0 Å². The van der Waals surface area contributed by atoms with Crippen LogP contribution in [0.15, 0.2) is 122 Å². The normalized spacial score (nSPS) is 13.7. The molecule has 0 saturated carbocycles. The molecule has 0 spiro atoms. The third-order valence-electron chi connectivity index (χ3n) is 23.4. The molecule has 48 nitrogen and oxygen atoms in total. The topological polar surface area (TPSA) is 827 Å². The Morgan fingerprint density at radius 2 is 0.430 bits per heavy atom. The Morgan fingerprint density at radius 3 is 0.634 bits per heavy atom. The maximum atomic E-state index is 15.7. The van der Waals surface area contributed by atoms with Crippen LogP contribution in [0.2, 0.25) is 0 Å². The van der Waals surface area contributed by atoms with Gasteiger partial charge >= 0.3 is 0 Å². The molecule has 0 radical (unpaired) electrons. The van der Waals surface area contributed by atoms with Gasteiger partial charge < -0.3 is 156 Å². The summed E-state index contributed by atoms with van der Waals surface area (Å²) in [6.45, 7) is 8.71. The number of benzene rings is 4. The van der Waals surface area contributed by atoms with Crippen molar-refractivity contribution in [2.24, 2.45) is 52.0 Å². The van der Waals surface area contributed by atoms with Crippen molar-refractivity contribution in [3.63, 3.8) is 0 Å². The molecule has 0 saturated heterocycles. The van der Waals surface area contributed by atoms with Gasteiger partial charge in [0.25, 0.3) is 0 Å². The average Bonchev–Trinajstić information content (AvgIpc) is 1.68. The highest BCUT2D eigenvalue weighted by Gasteiger charge is 2.39. The number of para-hydroxylation sites is 4. The molecule has 0 aliphatic rings. The zero-order valence-electron chi connectivity index (χ0n) is 80.4. The number of nitrogens with two attached hydrogens (primary N) is 7. The largest absolute Gasteiger partial charge is 0.370 e. The first-order chi connectivity index (χ1) is 67.7. The van der Waals surface area contributed by atoms with E-state index in [1.54, 1.807) is 131 Å². The summed E-state index contributed by atoms with van der Waals surface area (Å²) in [6, 6.07) is 11.0. The highest BCUT2D eigenvalue weighted by atomic mass is 16.2. The lowest BCUT2D eigenvalue weighted by atomic mass is 9.99. The second kappa shape index (κ2) is 56.0. The van der Waals surface area contributed by atoms with Gasteiger partial charge in [0.05, 0.1) is 0 Å². The summed E-state index contributed by atoms with van der Waals surface area (Å²) in [4.78, 5) is 206. The Morgan fingerprint density at radius 1 is 0.254 bits per heavy atom. The minimum Gasteiger partial charge on any atom is -0.370 e. The van der Waals surface area contributed by atoms with E-state index >= 15 is 43.2 Å². The summed E-state index contributed by atoms with van der Waals surface area (Å²) in [7, 11) is 0. The molecule has 8 rings (SSSR count). The van der Waals surface area contributed by atoms with Crippen LogP contribution in [0.1, 0.15) is 147 Å². The van der Waals surface area contributed by atoms with Crippen LogP contribution in [0, 0.1) is 44.3 Å². The number of nitrogens with one attached hydrogen (secondary N) is 28. The molecule has 13 amide bonds. The fraction of sp³-hybridized carbons (Fsp3) is 0.457. The lowest BCUT2D eigenvalue weighted by molar-refractivity contribution is -0.136. The van der Waals surface area contributed by atoms with Crippen LogP contribution in [0.5, 0.6) is 0 Å². The highest BCUT2D eigenvalue weighted by molar-refractivity contribution is 6.02. The quantitative estimate of drug-likeness (QED) is 0.0110. The van der Waals surface area contributed by atoms with Crippen LogP contribution in [-0.4, -0.2) is 244 Å². The van der Waals surface area contributed by atoms with E-state index in [-0.39, 0.29) is 179 Å². The second-order valence-electron chi connectivity index (χ2n) is 35.7. The standard InChI is InChI=1S/C94H139N35O13/c1-50(2)40-71(124-86(140)74(43-54-47-115-62-25-11-7-21-58(54)62)126-78(132)66(118-52(5)130)29-15-35-109-90(98)99)83(137)121-68(31-17-37-111-92(102)103)80(134)120-69(32-18-38-112-93(104)105)81(135)127-75(44-55-48-116-63-26-12-8-22-59(55)63)87(141)125-72(41-51(3)4)84(138)122-70(33-19-39-113-94(106)107)82(136)128-76(45-56-49-117-64-27-13-9-23-60(56)64)88(142)129-73(42-53-46-114-61-24-10-6-20-57(53)61)85(139)123-67(30-16-36-110-91(100)101)79(133)119-65(77(95)131)28-14-34-108-89(96)97/h6-13,20-27,46-51,65-76,114-117H,14-19,28-45H2,1-5H3,(H2,95,131)(H,118,130)(H,119,133)(H,120,134)(H,121,137)(H,122,138)(H,123,139)(H,124,140)(H,125,141)(H,126,132)(H,127,135)(H,128,136)(H,129,142)(H4,96,97,108)(H4,98,99,109)(H4,100,101,110)(H4,102,103,111)(H4,104,105,112)(H4,106,107,113)/t65-,66-,67-,68-,69-,70-,71-,72-,73-,74-,75-,76-/m0/s1. The van der Waals surface area contributed by atoms with Gasteiger partial charge in [-0.15, -0.1) is 0 Å². The Bertz CT molecular complexity index is 5730. The van der Waals surface area contributed by atoms with Gasteiger partial charge in [0, 0.05) is 140 Å². The first kappa shape index (κ1) is 111. The van der Waals surface area contributed by atoms with Gasteiger partial charge in [-0.25, -0.2) is 0 Å². The van der Waals surface area contributed by atoms with Crippen molar-refractivity contribution in [1.29, 1.82) is 32.5 Å². The van der Waals surface area contributed by atoms with Gasteiger partial charge in [-0.05, 0) is 148 Å². The molecule has 142 heavy (non-hydrogen) atoms. The Hall–Kier alpha value is -16.2. The summed E-state index contributed by atoms with van der Waals surface area (Å²) in [5, 5.41) is 98.8. The van der Waals surface area contributed by atoms with E-state index in [9.17, 15) is 19.2 Å². The molecule has 42 N–H and O–H groups in total. The van der Waals surface area contributed by atoms with E-state index in [2.05, 4.69) is 116 Å². The van der Waals surface area contributed by atoms with E-state index < -0.39 is 173 Å². The number of amides is 13. The number of aromatic nitrogens is 4. The fourth-order valence-electron chi connectivity index (χ4n) is 16.4. The molecule has 0 fully saturated rings. The van der Waals surface area contributed by atoms with Crippen LogP contribution in [0.3, 0.4) is 0 Å². The van der Waals surface area contributed by atoms with E-state index in [0.29, 0.717) is 55.0 Å². The number of aromatic amines is 4. The Balaban J connectivity index is 1.11. The molecule has 4 heterocycles. The van der Waals surface area contributed by atoms with E-state index in [1.165, 1.54) is 6.92 Å².